The average molecular weight is 290 g/mol. The van der Waals surface area contributed by atoms with Gasteiger partial charge < -0.3 is 20.1 Å². The molecule has 1 amide bonds. The van der Waals surface area contributed by atoms with Crippen LogP contribution in [-0.2, 0) is 4.79 Å². The van der Waals surface area contributed by atoms with E-state index in [-0.39, 0.29) is 18.0 Å². The average Bonchev–Trinajstić information content (AvgIpc) is 3.29. The van der Waals surface area contributed by atoms with Gasteiger partial charge in [-0.05, 0) is 30.9 Å². The summed E-state index contributed by atoms with van der Waals surface area (Å²) in [6.07, 6.45) is 2.39. The summed E-state index contributed by atoms with van der Waals surface area (Å²) in [7, 11) is 0. The van der Waals surface area contributed by atoms with Gasteiger partial charge in [0.25, 0.3) is 0 Å². The first-order valence-corrected chi connectivity index (χ1v) is 7.16. The lowest BCUT2D eigenvalue weighted by atomic mass is 10.1. The summed E-state index contributed by atoms with van der Waals surface area (Å²) in [6, 6.07) is 4.97. The van der Waals surface area contributed by atoms with E-state index in [2.05, 4.69) is 5.32 Å². The highest BCUT2D eigenvalue weighted by molar-refractivity contribution is 5.94. The van der Waals surface area contributed by atoms with Gasteiger partial charge in [-0.15, -0.1) is 0 Å². The number of benzene rings is 1. The number of carbonyl (C=O) groups is 2. The summed E-state index contributed by atoms with van der Waals surface area (Å²) in [5.74, 6) is -0.0573. The molecule has 1 fully saturated rings. The second kappa shape index (κ2) is 5.63. The van der Waals surface area contributed by atoms with Crippen LogP contribution in [0.15, 0.2) is 18.2 Å². The fraction of sp³-hybridized carbons (Fsp3) is 0.467. The van der Waals surface area contributed by atoms with Gasteiger partial charge in [0.1, 0.15) is 12.2 Å². The van der Waals surface area contributed by atoms with Crippen molar-refractivity contribution >= 4 is 17.6 Å². The second-order valence-corrected chi connectivity index (χ2v) is 5.48. The molecule has 112 valence electrons. The van der Waals surface area contributed by atoms with Crippen LogP contribution in [0, 0.1) is 5.92 Å². The van der Waals surface area contributed by atoms with Crippen LogP contribution in [0.5, 0.6) is 5.75 Å². The van der Waals surface area contributed by atoms with E-state index in [1.165, 1.54) is 18.9 Å². The molecule has 1 aliphatic carbocycles. The topological polar surface area (TPSA) is 78.9 Å². The Morgan fingerprint density at radius 1 is 1.38 bits per heavy atom. The number of fused-ring (bicyclic) bond motifs is 1. The van der Waals surface area contributed by atoms with Crippen LogP contribution in [0.2, 0.25) is 0 Å². The van der Waals surface area contributed by atoms with Crippen molar-refractivity contribution in [2.75, 3.05) is 31.1 Å². The molecule has 0 unspecified atom stereocenters. The first-order valence-electron chi connectivity index (χ1n) is 7.16. The minimum absolute atomic E-state index is 0.0320. The molecule has 1 aromatic rings. The molecule has 0 spiro atoms. The molecule has 0 atom stereocenters. The fourth-order valence-electron chi connectivity index (χ4n) is 2.45. The smallest absolute Gasteiger partial charge is 0.339 e. The van der Waals surface area contributed by atoms with Crippen molar-refractivity contribution in [1.82, 2.24) is 5.32 Å². The van der Waals surface area contributed by atoms with Crippen molar-refractivity contribution in [3.8, 4) is 5.75 Å². The highest BCUT2D eigenvalue weighted by atomic mass is 16.5. The lowest BCUT2D eigenvalue weighted by molar-refractivity contribution is -0.119. The minimum atomic E-state index is -1.02. The van der Waals surface area contributed by atoms with Gasteiger partial charge in [-0.3, -0.25) is 4.79 Å². The SMILES string of the molecule is O=C(CN1CCOc2c(C(=O)O)cccc21)NCC1CC1. The Kier molecular flexibility index (Phi) is 3.68. The zero-order chi connectivity index (χ0) is 14.8. The fourth-order valence-corrected chi connectivity index (χ4v) is 2.45. The molecule has 0 aromatic heterocycles. The molecule has 0 bridgehead atoms. The van der Waals surface area contributed by atoms with Crippen LogP contribution in [-0.4, -0.2) is 43.2 Å². The van der Waals surface area contributed by atoms with Crippen LogP contribution in [0.3, 0.4) is 0 Å². The van der Waals surface area contributed by atoms with Crippen LogP contribution in [0.25, 0.3) is 0 Å². The molecule has 6 heteroatoms. The second-order valence-electron chi connectivity index (χ2n) is 5.48. The molecule has 1 heterocycles. The Balaban J connectivity index is 1.72. The number of para-hydroxylation sites is 1. The summed E-state index contributed by atoms with van der Waals surface area (Å²) < 4.78 is 5.48. The molecule has 2 aliphatic rings. The molecule has 2 N–H and O–H groups in total. The maximum absolute atomic E-state index is 12.0. The number of hydrogen-bond donors (Lipinski definition) is 2. The van der Waals surface area contributed by atoms with E-state index in [1.54, 1.807) is 12.1 Å². The predicted octanol–water partition coefficient (Wildman–Crippen LogP) is 1.11. The van der Waals surface area contributed by atoms with Gasteiger partial charge >= 0.3 is 5.97 Å². The van der Waals surface area contributed by atoms with Crippen LogP contribution < -0.4 is 15.0 Å². The third-order valence-electron chi connectivity index (χ3n) is 3.79. The third kappa shape index (κ3) is 3.09. The van der Waals surface area contributed by atoms with E-state index in [4.69, 9.17) is 4.74 Å². The number of nitrogens with zero attached hydrogens (tertiary/aromatic N) is 1. The maximum Gasteiger partial charge on any atom is 0.339 e. The van der Waals surface area contributed by atoms with E-state index < -0.39 is 5.97 Å². The van der Waals surface area contributed by atoms with Gasteiger partial charge in [-0.2, -0.15) is 0 Å². The predicted molar refractivity (Wildman–Crippen MR) is 76.8 cm³/mol. The molecule has 0 radical (unpaired) electrons. The zero-order valence-corrected chi connectivity index (χ0v) is 11.7. The molecular formula is C15H18N2O4. The highest BCUT2D eigenvalue weighted by Crippen LogP contribution is 2.34. The summed E-state index contributed by atoms with van der Waals surface area (Å²) in [5, 5.41) is 12.1. The number of ether oxygens (including phenoxy) is 1. The van der Waals surface area contributed by atoms with Gasteiger partial charge in [0.05, 0.1) is 18.8 Å². The van der Waals surface area contributed by atoms with Crippen LogP contribution in [0.1, 0.15) is 23.2 Å². The standard InChI is InChI=1S/C15H18N2O4/c18-13(16-8-10-4-5-10)9-17-6-7-21-14-11(15(19)20)2-1-3-12(14)17/h1-3,10H,4-9H2,(H,16,18)(H,19,20). The normalized spacial score (nSPS) is 16.9. The number of anilines is 1. The largest absolute Gasteiger partial charge is 0.489 e. The quantitative estimate of drug-likeness (QED) is 0.849. The first kappa shape index (κ1) is 13.7. The summed E-state index contributed by atoms with van der Waals surface area (Å²) >= 11 is 0. The zero-order valence-electron chi connectivity index (χ0n) is 11.7. The van der Waals surface area contributed by atoms with E-state index in [0.29, 0.717) is 30.5 Å². The van der Waals surface area contributed by atoms with Crippen molar-refractivity contribution in [2.45, 2.75) is 12.8 Å². The van der Waals surface area contributed by atoms with Gasteiger partial charge in [0, 0.05) is 6.54 Å². The molecule has 3 rings (SSSR count). The Morgan fingerprint density at radius 2 is 2.19 bits per heavy atom. The highest BCUT2D eigenvalue weighted by Gasteiger charge is 2.26. The number of rotatable bonds is 5. The molecule has 1 aromatic carbocycles. The Hall–Kier alpha value is -2.24. The van der Waals surface area contributed by atoms with E-state index in [1.807, 2.05) is 4.90 Å². The summed E-state index contributed by atoms with van der Waals surface area (Å²) in [6.45, 7) is 1.93. The molecule has 1 aliphatic heterocycles. The van der Waals surface area contributed by atoms with Crippen molar-refractivity contribution in [3.63, 3.8) is 0 Å². The van der Waals surface area contributed by atoms with Crippen molar-refractivity contribution in [1.29, 1.82) is 0 Å². The van der Waals surface area contributed by atoms with Gasteiger partial charge in [-0.1, -0.05) is 6.07 Å². The minimum Gasteiger partial charge on any atom is -0.489 e. The van der Waals surface area contributed by atoms with Gasteiger partial charge in [0.2, 0.25) is 5.91 Å². The maximum atomic E-state index is 12.0. The summed E-state index contributed by atoms with van der Waals surface area (Å²) in [4.78, 5) is 25.0. The van der Waals surface area contributed by atoms with Crippen LogP contribution in [0.4, 0.5) is 5.69 Å². The lowest BCUT2D eigenvalue weighted by Crippen LogP contribution is -2.42. The van der Waals surface area contributed by atoms with Gasteiger partial charge in [-0.25, -0.2) is 4.79 Å². The first-order chi connectivity index (χ1) is 10.1. The number of carbonyl (C=O) groups excluding carboxylic acids is 1. The molecular weight excluding hydrogens is 272 g/mol. The third-order valence-corrected chi connectivity index (χ3v) is 3.79. The number of carboxylic acid groups (broad SMARTS) is 1. The summed E-state index contributed by atoms with van der Waals surface area (Å²) in [5.41, 5.74) is 0.804. The van der Waals surface area contributed by atoms with E-state index in [9.17, 15) is 14.7 Å². The van der Waals surface area contributed by atoms with Gasteiger partial charge in [0.15, 0.2) is 5.75 Å². The molecule has 1 saturated carbocycles. The van der Waals surface area contributed by atoms with Crippen molar-refractivity contribution < 1.29 is 19.4 Å². The lowest BCUT2D eigenvalue weighted by Gasteiger charge is -2.31. The number of nitrogens with one attached hydrogen (secondary N) is 1. The molecule has 6 nitrogen and oxygen atoms in total. The Labute approximate surface area is 122 Å². The molecule has 21 heavy (non-hydrogen) atoms. The number of amides is 1. The van der Waals surface area contributed by atoms with E-state index >= 15 is 0 Å². The molecule has 0 saturated heterocycles. The van der Waals surface area contributed by atoms with Crippen molar-refractivity contribution in [2.24, 2.45) is 5.92 Å². The number of carboxylic acids is 1. The van der Waals surface area contributed by atoms with E-state index in [0.717, 1.165) is 6.54 Å². The monoisotopic (exact) mass is 290 g/mol. The number of hydrogen-bond acceptors (Lipinski definition) is 4. The van der Waals surface area contributed by atoms with Crippen LogP contribution >= 0.6 is 0 Å². The Morgan fingerprint density at radius 3 is 2.90 bits per heavy atom. The van der Waals surface area contributed by atoms with Crippen molar-refractivity contribution in [3.05, 3.63) is 23.8 Å². The Bertz CT molecular complexity index is 569. The number of aromatic carboxylic acids is 1.